The first-order valence-electron chi connectivity index (χ1n) is 31.9. The molecule has 0 radical (unpaired) electrons. The van der Waals surface area contributed by atoms with Crippen molar-refractivity contribution in [2.24, 2.45) is 0 Å². The molecule has 12 rings (SSSR count). The van der Waals surface area contributed by atoms with E-state index in [1.54, 1.807) is 6.07 Å². The molecule has 8 aromatic carbocycles. The molecule has 5 atom stereocenters. The fourth-order valence-electron chi connectivity index (χ4n) is 15.5. The molecule has 7 nitrogen and oxygen atoms in total. The minimum atomic E-state index is -0.858. The molecule has 8 aromatic rings. The highest BCUT2D eigenvalue weighted by Gasteiger charge is 2.35. The van der Waals surface area contributed by atoms with Crippen molar-refractivity contribution in [2.45, 2.75) is 183 Å². The van der Waals surface area contributed by atoms with E-state index in [4.69, 9.17) is 0 Å². The molecule has 3 saturated carbocycles. The van der Waals surface area contributed by atoms with E-state index < -0.39 is 23.7 Å². The predicted octanol–water partition coefficient (Wildman–Crippen LogP) is 19.5. The molecule has 8 bridgehead atoms. The molecule has 0 spiro atoms. The van der Waals surface area contributed by atoms with Gasteiger partial charge in [-0.2, -0.15) is 0 Å². The minimum absolute atomic E-state index is 0.00627. The van der Waals surface area contributed by atoms with Crippen LogP contribution < -0.4 is 0 Å². The second-order valence-corrected chi connectivity index (χ2v) is 25.4. The fraction of sp³-hybridized carbons (Fsp3) is 0.377. The number of fused-ring (bicyclic) bond motifs is 8. The van der Waals surface area contributed by atoms with Gasteiger partial charge in [-0.25, -0.2) is 0 Å². The highest BCUT2D eigenvalue weighted by molar-refractivity contribution is 5.66. The molecule has 7 N–H and O–H groups in total. The van der Waals surface area contributed by atoms with E-state index in [0.717, 1.165) is 92.0 Å². The van der Waals surface area contributed by atoms with Crippen LogP contribution in [0.5, 0.6) is 40.2 Å². The Morgan fingerprint density at radius 3 is 0.917 bits per heavy atom. The molecule has 3 fully saturated rings. The number of rotatable bonds is 12. The van der Waals surface area contributed by atoms with E-state index in [0.29, 0.717) is 62.6 Å². The van der Waals surface area contributed by atoms with Crippen molar-refractivity contribution in [1.29, 1.82) is 0 Å². The first-order valence-corrected chi connectivity index (χ1v) is 31.9. The van der Waals surface area contributed by atoms with Gasteiger partial charge in [0, 0.05) is 80.8 Å². The second-order valence-electron chi connectivity index (χ2n) is 25.4. The number of aromatic hydroxyl groups is 7. The predicted molar refractivity (Wildman–Crippen MR) is 337 cm³/mol. The Kier molecular flexibility index (Phi) is 16.8. The molecule has 0 amide bonds. The summed E-state index contributed by atoms with van der Waals surface area (Å²) in [5.74, 6) is -2.45. The van der Waals surface area contributed by atoms with Crippen molar-refractivity contribution in [3.05, 3.63) is 241 Å². The maximum atomic E-state index is 12.5. The van der Waals surface area contributed by atoms with Crippen molar-refractivity contribution in [3.8, 4) is 40.2 Å². The van der Waals surface area contributed by atoms with Gasteiger partial charge in [-0.05, 0) is 149 Å². The zero-order valence-corrected chi connectivity index (χ0v) is 49.1. The number of hydrogen-bond acceptors (Lipinski definition) is 7. The second kappa shape index (κ2) is 24.9. The summed E-state index contributed by atoms with van der Waals surface area (Å²) in [6.07, 6.45) is 21.9. The number of unbranched alkanes of at least 4 members (excludes halogenated alkanes) is 1. The first kappa shape index (κ1) is 56.8. The van der Waals surface area contributed by atoms with Crippen molar-refractivity contribution >= 4 is 0 Å². The Hall–Kier alpha value is -7.64. The first-order chi connectivity index (χ1) is 41.0. The van der Waals surface area contributed by atoms with Crippen LogP contribution in [0.3, 0.4) is 0 Å². The molecule has 7 heteroatoms. The van der Waals surface area contributed by atoms with Crippen LogP contribution in [0.25, 0.3) is 0 Å². The summed E-state index contributed by atoms with van der Waals surface area (Å²) in [5.41, 5.74) is 12.2. The van der Waals surface area contributed by atoms with E-state index in [9.17, 15) is 35.7 Å². The van der Waals surface area contributed by atoms with Gasteiger partial charge in [0.1, 0.15) is 40.2 Å². The highest BCUT2D eigenvalue weighted by Crippen LogP contribution is 2.54. The van der Waals surface area contributed by atoms with Gasteiger partial charge in [-0.3, -0.25) is 0 Å². The molecular weight excluding hydrogens is 1040 g/mol. The molecule has 0 aromatic heterocycles. The van der Waals surface area contributed by atoms with Gasteiger partial charge in [-0.15, -0.1) is 0 Å². The Bertz CT molecular complexity index is 3560. The van der Waals surface area contributed by atoms with Crippen LogP contribution in [0.15, 0.2) is 152 Å². The van der Waals surface area contributed by atoms with E-state index in [-0.39, 0.29) is 40.2 Å². The number of benzene rings is 8. The number of phenolic OH excluding ortho intramolecular Hbond substituents is 7. The summed E-state index contributed by atoms with van der Waals surface area (Å²) in [4.78, 5) is 0. The van der Waals surface area contributed by atoms with E-state index >= 15 is 0 Å². The molecule has 5 unspecified atom stereocenters. The smallest absolute Gasteiger partial charge is 0.123 e. The van der Waals surface area contributed by atoms with Crippen molar-refractivity contribution in [2.75, 3.05) is 0 Å². The summed E-state index contributed by atoms with van der Waals surface area (Å²) in [6, 6.07) is 49.7. The standard InChI is InChI=1S/C77H84O7/c1-3-5-15-47(4-2)51-22-32-56(33-23-51)75-60-40-59(38-39-67(60)78)74(55-30-24-52(25-31-55)48-16-9-6-10-17-48)61-41-62(69(80)44-68(61)79)76(57-34-26-53(27-35-57)49-18-11-7-12-19-49)65-43-66(73(84)46-72(65)83)77(64-42-63(75)70(81)45-71(64)82)58-36-28-54(29-37-58)50-20-13-8-14-21-50/h22-50,74-84H,3-21H2,1-2H3. The SMILES string of the molecule is CCCCC(CC)c1ccc(C2c3cc(ccc3O)C(c3ccc(C4CCCCC4)cc3)c3cc(c(O)cc3O)C(c3ccc(C4CCCCC4)cc3)c3cc(c(O)cc3O)C(c3ccc(C4CCCCC4)cc3)c3cc2c(O)cc3O)cc1. The van der Waals surface area contributed by atoms with Gasteiger partial charge in [0.15, 0.2) is 0 Å². The van der Waals surface area contributed by atoms with Gasteiger partial charge >= 0.3 is 0 Å². The molecule has 4 aliphatic carbocycles. The van der Waals surface area contributed by atoms with Crippen LogP contribution in [0.2, 0.25) is 0 Å². The third-order valence-electron chi connectivity index (χ3n) is 20.3. The lowest BCUT2D eigenvalue weighted by atomic mass is 9.74. The third kappa shape index (κ3) is 11.4. The average Bonchev–Trinajstić information content (AvgIpc) is 2.66. The van der Waals surface area contributed by atoms with Gasteiger partial charge in [-0.1, -0.05) is 194 Å². The Morgan fingerprint density at radius 1 is 0.298 bits per heavy atom. The summed E-state index contributed by atoms with van der Waals surface area (Å²) in [7, 11) is 0. The summed E-state index contributed by atoms with van der Waals surface area (Å²) in [6.45, 7) is 4.45. The van der Waals surface area contributed by atoms with Gasteiger partial charge in [0.2, 0.25) is 0 Å². The largest absolute Gasteiger partial charge is 0.508 e. The van der Waals surface area contributed by atoms with Crippen LogP contribution >= 0.6 is 0 Å². The number of hydrogen-bond donors (Lipinski definition) is 7. The van der Waals surface area contributed by atoms with Crippen LogP contribution in [0.4, 0.5) is 0 Å². The maximum absolute atomic E-state index is 12.5. The molecule has 4 aliphatic rings. The molecular formula is C77H84O7. The minimum Gasteiger partial charge on any atom is -0.508 e. The normalized spacial score (nSPS) is 20.1. The summed E-state index contributed by atoms with van der Waals surface area (Å²) < 4.78 is 0. The maximum Gasteiger partial charge on any atom is 0.123 e. The third-order valence-corrected chi connectivity index (χ3v) is 20.3. The van der Waals surface area contributed by atoms with Crippen LogP contribution in [0.1, 0.15) is 272 Å². The quantitative estimate of drug-likeness (QED) is 0.0646. The Balaban J connectivity index is 1.14. The zero-order valence-electron chi connectivity index (χ0n) is 49.1. The lowest BCUT2D eigenvalue weighted by molar-refractivity contribution is 0.433. The van der Waals surface area contributed by atoms with E-state index in [2.05, 4.69) is 111 Å². The lowest BCUT2D eigenvalue weighted by Gasteiger charge is -2.30. The lowest BCUT2D eigenvalue weighted by Crippen LogP contribution is -2.13. The Labute approximate surface area is 497 Å². The van der Waals surface area contributed by atoms with Gasteiger partial charge in [0.05, 0.1) is 0 Å². The van der Waals surface area contributed by atoms with Crippen molar-refractivity contribution < 1.29 is 35.7 Å². The van der Waals surface area contributed by atoms with Crippen LogP contribution in [-0.2, 0) is 0 Å². The molecule has 434 valence electrons. The van der Waals surface area contributed by atoms with Crippen LogP contribution in [-0.4, -0.2) is 35.7 Å². The summed E-state index contributed by atoms with van der Waals surface area (Å²) in [5, 5.41) is 87.7. The molecule has 0 aliphatic heterocycles. The van der Waals surface area contributed by atoms with Crippen LogP contribution in [0, 0.1) is 0 Å². The van der Waals surface area contributed by atoms with E-state index in [1.807, 2.05) is 30.3 Å². The average molecular weight is 1120 g/mol. The Morgan fingerprint density at radius 2 is 0.583 bits per heavy atom. The monoisotopic (exact) mass is 1120 g/mol. The molecule has 84 heavy (non-hydrogen) atoms. The molecule has 0 heterocycles. The fourth-order valence-corrected chi connectivity index (χ4v) is 15.5. The highest BCUT2D eigenvalue weighted by atomic mass is 16.3. The number of phenols is 7. The van der Waals surface area contributed by atoms with Crippen molar-refractivity contribution in [3.63, 3.8) is 0 Å². The van der Waals surface area contributed by atoms with Gasteiger partial charge < -0.3 is 35.7 Å². The molecule has 0 saturated heterocycles. The summed E-state index contributed by atoms with van der Waals surface area (Å²) >= 11 is 0. The zero-order chi connectivity index (χ0) is 58.0. The van der Waals surface area contributed by atoms with Crippen molar-refractivity contribution in [1.82, 2.24) is 0 Å². The van der Waals surface area contributed by atoms with Gasteiger partial charge in [0.25, 0.3) is 0 Å². The topological polar surface area (TPSA) is 142 Å². The van der Waals surface area contributed by atoms with E-state index in [1.165, 1.54) is 98.2 Å².